The van der Waals surface area contributed by atoms with Crippen LogP contribution in [-0.4, -0.2) is 47.6 Å². The van der Waals surface area contributed by atoms with Gasteiger partial charge in [-0.05, 0) is 38.7 Å². The van der Waals surface area contributed by atoms with Crippen LogP contribution in [0.15, 0.2) is 30.3 Å². The van der Waals surface area contributed by atoms with Crippen LogP contribution in [0.2, 0.25) is 0 Å². The zero-order valence-electron chi connectivity index (χ0n) is 16.4. The summed E-state index contributed by atoms with van der Waals surface area (Å²) in [7, 11) is 0. The number of carbonyl (C=O) groups excluding carboxylic acids is 3. The number of nitrogens with one attached hydrogen (secondary N) is 1. The van der Waals surface area contributed by atoms with Crippen molar-refractivity contribution in [1.82, 2.24) is 10.2 Å². The standard InChI is InChI=1S/C20H28N2O5/c1-14-10-16(22(12-14)19(25)27-20(2,3)4)18(24)21-11-17(23)26-13-15-8-6-5-7-9-15/h5-9,14,16H,10-13H2,1-4H3,(H,21,24)/t14-,16-/m0/s1. The van der Waals surface area contributed by atoms with E-state index < -0.39 is 23.7 Å². The van der Waals surface area contributed by atoms with Crippen LogP contribution in [0.1, 0.15) is 39.7 Å². The summed E-state index contributed by atoms with van der Waals surface area (Å²) in [6.45, 7) is 7.68. The predicted octanol–water partition coefficient (Wildman–Crippen LogP) is 2.49. The molecule has 27 heavy (non-hydrogen) atoms. The molecule has 1 aromatic rings. The van der Waals surface area contributed by atoms with Crippen molar-refractivity contribution in [1.29, 1.82) is 0 Å². The highest BCUT2D eigenvalue weighted by Gasteiger charge is 2.39. The summed E-state index contributed by atoms with van der Waals surface area (Å²) in [6.07, 6.45) is 0.0167. The molecule has 1 aliphatic heterocycles. The number of likely N-dealkylation sites (tertiary alicyclic amines) is 1. The second kappa shape index (κ2) is 8.88. The Labute approximate surface area is 160 Å². The lowest BCUT2D eigenvalue weighted by Crippen LogP contribution is -2.48. The third kappa shape index (κ3) is 6.58. The van der Waals surface area contributed by atoms with Crippen LogP contribution in [0.25, 0.3) is 0 Å². The van der Waals surface area contributed by atoms with E-state index in [1.807, 2.05) is 37.3 Å². The highest BCUT2D eigenvalue weighted by molar-refractivity contribution is 5.88. The lowest BCUT2D eigenvalue weighted by molar-refractivity contribution is -0.145. The van der Waals surface area contributed by atoms with Gasteiger partial charge in [0.25, 0.3) is 0 Å². The molecule has 1 aliphatic rings. The molecule has 0 spiro atoms. The summed E-state index contributed by atoms with van der Waals surface area (Å²) in [4.78, 5) is 38.1. The van der Waals surface area contributed by atoms with Crippen molar-refractivity contribution < 1.29 is 23.9 Å². The van der Waals surface area contributed by atoms with Crippen molar-refractivity contribution in [3.8, 4) is 0 Å². The third-order valence-electron chi connectivity index (χ3n) is 4.09. The first kappa shape index (κ1) is 20.7. The van der Waals surface area contributed by atoms with E-state index in [0.717, 1.165) is 5.56 Å². The number of nitrogens with zero attached hydrogens (tertiary/aromatic N) is 1. The Morgan fingerprint density at radius 1 is 1.19 bits per heavy atom. The fourth-order valence-corrected chi connectivity index (χ4v) is 2.88. The molecule has 0 saturated carbocycles. The number of carbonyl (C=O) groups is 3. The molecule has 7 heteroatoms. The van der Waals surface area contributed by atoms with E-state index in [9.17, 15) is 14.4 Å². The summed E-state index contributed by atoms with van der Waals surface area (Å²) >= 11 is 0. The van der Waals surface area contributed by atoms with Crippen molar-refractivity contribution in [2.24, 2.45) is 5.92 Å². The maximum absolute atomic E-state index is 12.5. The Bertz CT molecular complexity index is 669. The Morgan fingerprint density at radius 3 is 2.48 bits per heavy atom. The van der Waals surface area contributed by atoms with E-state index in [4.69, 9.17) is 9.47 Å². The molecule has 0 radical (unpaired) electrons. The van der Waals surface area contributed by atoms with Crippen LogP contribution >= 0.6 is 0 Å². The number of esters is 1. The second-order valence-electron chi connectivity index (χ2n) is 7.85. The van der Waals surface area contributed by atoms with E-state index in [-0.39, 0.29) is 25.0 Å². The van der Waals surface area contributed by atoms with Crippen LogP contribution in [0.4, 0.5) is 4.79 Å². The fraction of sp³-hybridized carbons (Fsp3) is 0.550. The van der Waals surface area contributed by atoms with Gasteiger partial charge in [-0.25, -0.2) is 4.79 Å². The molecule has 2 atom stereocenters. The van der Waals surface area contributed by atoms with Gasteiger partial charge in [0.2, 0.25) is 5.91 Å². The number of ether oxygens (including phenoxy) is 2. The van der Waals surface area contributed by atoms with Crippen molar-refractivity contribution in [2.75, 3.05) is 13.1 Å². The lowest BCUT2D eigenvalue weighted by Gasteiger charge is -2.28. The molecular weight excluding hydrogens is 348 g/mol. The minimum atomic E-state index is -0.642. The minimum absolute atomic E-state index is 0.153. The smallest absolute Gasteiger partial charge is 0.410 e. The first-order valence-electron chi connectivity index (χ1n) is 9.12. The van der Waals surface area contributed by atoms with Gasteiger partial charge in [-0.2, -0.15) is 0 Å². The van der Waals surface area contributed by atoms with E-state index in [0.29, 0.717) is 13.0 Å². The largest absolute Gasteiger partial charge is 0.460 e. The summed E-state index contributed by atoms with van der Waals surface area (Å²) in [5, 5.41) is 2.57. The van der Waals surface area contributed by atoms with Crippen LogP contribution in [0, 0.1) is 5.92 Å². The number of rotatable bonds is 5. The number of amides is 2. The SMILES string of the molecule is C[C@H]1C[C@@H](C(=O)NCC(=O)OCc2ccccc2)N(C(=O)OC(C)(C)C)C1. The molecule has 0 aliphatic carbocycles. The molecular formula is C20H28N2O5. The van der Waals surface area contributed by atoms with Gasteiger partial charge in [0.05, 0.1) is 0 Å². The summed E-state index contributed by atoms with van der Waals surface area (Å²) < 4.78 is 10.5. The van der Waals surface area contributed by atoms with E-state index in [1.165, 1.54) is 4.90 Å². The fourth-order valence-electron chi connectivity index (χ4n) is 2.88. The molecule has 2 amide bonds. The van der Waals surface area contributed by atoms with Crippen LogP contribution < -0.4 is 5.32 Å². The molecule has 1 fully saturated rings. The third-order valence-corrected chi connectivity index (χ3v) is 4.09. The minimum Gasteiger partial charge on any atom is -0.460 e. The molecule has 1 N–H and O–H groups in total. The van der Waals surface area contributed by atoms with Gasteiger partial charge >= 0.3 is 12.1 Å². The Balaban J connectivity index is 1.84. The normalized spacial score (nSPS) is 19.5. The maximum Gasteiger partial charge on any atom is 0.410 e. The Hall–Kier alpha value is -2.57. The van der Waals surface area contributed by atoms with E-state index in [2.05, 4.69) is 5.32 Å². The van der Waals surface area contributed by atoms with Gasteiger partial charge < -0.3 is 14.8 Å². The summed E-state index contributed by atoms with van der Waals surface area (Å²) in [5.74, 6) is -0.720. The quantitative estimate of drug-likeness (QED) is 0.798. The number of benzene rings is 1. The topological polar surface area (TPSA) is 84.9 Å². The average molecular weight is 376 g/mol. The molecule has 0 unspecified atom stereocenters. The molecule has 1 aromatic carbocycles. The van der Waals surface area contributed by atoms with Gasteiger partial charge in [0, 0.05) is 6.54 Å². The predicted molar refractivity (Wildman–Crippen MR) is 99.8 cm³/mol. The van der Waals surface area contributed by atoms with Gasteiger partial charge in [0.1, 0.15) is 24.8 Å². The van der Waals surface area contributed by atoms with Gasteiger partial charge in [-0.3, -0.25) is 14.5 Å². The van der Waals surface area contributed by atoms with E-state index >= 15 is 0 Å². The molecule has 7 nitrogen and oxygen atoms in total. The van der Waals surface area contributed by atoms with Crippen molar-refractivity contribution in [3.63, 3.8) is 0 Å². The highest BCUT2D eigenvalue weighted by atomic mass is 16.6. The zero-order chi connectivity index (χ0) is 20.0. The molecule has 0 bridgehead atoms. The van der Waals surface area contributed by atoms with Gasteiger partial charge in [-0.1, -0.05) is 37.3 Å². The molecule has 1 heterocycles. The Morgan fingerprint density at radius 2 is 1.85 bits per heavy atom. The van der Waals surface area contributed by atoms with Crippen LogP contribution in [-0.2, 0) is 25.7 Å². The average Bonchev–Trinajstić information content (AvgIpc) is 2.99. The lowest BCUT2D eigenvalue weighted by atomic mass is 10.1. The van der Waals surface area contributed by atoms with Crippen molar-refractivity contribution in [2.45, 2.75) is 52.4 Å². The zero-order valence-corrected chi connectivity index (χ0v) is 16.4. The summed E-state index contributed by atoms with van der Waals surface area (Å²) in [6, 6.07) is 8.66. The summed E-state index contributed by atoms with van der Waals surface area (Å²) in [5.41, 5.74) is 0.239. The van der Waals surface area contributed by atoms with Crippen LogP contribution in [0.3, 0.4) is 0 Å². The first-order valence-corrected chi connectivity index (χ1v) is 9.12. The molecule has 1 saturated heterocycles. The van der Waals surface area contributed by atoms with Crippen molar-refractivity contribution >= 4 is 18.0 Å². The Kier molecular flexibility index (Phi) is 6.82. The number of hydrogen-bond acceptors (Lipinski definition) is 5. The molecule has 0 aromatic heterocycles. The maximum atomic E-state index is 12.5. The molecule has 2 rings (SSSR count). The monoisotopic (exact) mass is 376 g/mol. The van der Waals surface area contributed by atoms with Crippen molar-refractivity contribution in [3.05, 3.63) is 35.9 Å². The second-order valence-corrected chi connectivity index (χ2v) is 7.85. The van der Waals surface area contributed by atoms with Gasteiger partial charge in [-0.15, -0.1) is 0 Å². The molecule has 148 valence electrons. The first-order chi connectivity index (χ1) is 12.7. The van der Waals surface area contributed by atoms with Gasteiger partial charge in [0.15, 0.2) is 0 Å². The van der Waals surface area contributed by atoms with Crippen LogP contribution in [0.5, 0.6) is 0 Å². The highest BCUT2D eigenvalue weighted by Crippen LogP contribution is 2.25. The number of hydrogen-bond donors (Lipinski definition) is 1. The van der Waals surface area contributed by atoms with E-state index in [1.54, 1.807) is 20.8 Å².